The highest BCUT2D eigenvalue weighted by Crippen LogP contribution is 2.46. The van der Waals surface area contributed by atoms with Crippen molar-refractivity contribution < 1.29 is 4.42 Å². The molecule has 2 heteroatoms. The zero-order valence-corrected chi connectivity index (χ0v) is 29.1. The zero-order valence-electron chi connectivity index (χ0n) is 29.1. The number of para-hydroxylation sites is 1. The van der Waals surface area contributed by atoms with Gasteiger partial charge in [-0.3, -0.25) is 0 Å². The minimum Gasteiger partial charge on any atom is -0.456 e. The summed E-state index contributed by atoms with van der Waals surface area (Å²) in [6, 6.07) is 62.1. The van der Waals surface area contributed by atoms with E-state index in [1.54, 1.807) is 0 Å². The summed E-state index contributed by atoms with van der Waals surface area (Å²) in [5, 5.41) is 7.17. The van der Waals surface area contributed by atoms with Crippen LogP contribution in [0, 0.1) is 0 Å². The summed E-state index contributed by atoms with van der Waals surface area (Å²) >= 11 is 0. The van der Waals surface area contributed by atoms with Gasteiger partial charge in [0.2, 0.25) is 0 Å². The molecule has 0 spiro atoms. The van der Waals surface area contributed by atoms with E-state index < -0.39 is 0 Å². The molecule has 0 aliphatic heterocycles. The van der Waals surface area contributed by atoms with Crippen molar-refractivity contribution in [2.45, 2.75) is 38.0 Å². The van der Waals surface area contributed by atoms with E-state index in [1.807, 2.05) is 12.1 Å². The minimum atomic E-state index is 0.710. The van der Waals surface area contributed by atoms with Crippen LogP contribution in [0.3, 0.4) is 0 Å². The lowest BCUT2D eigenvalue weighted by molar-refractivity contribution is 0.443. The van der Waals surface area contributed by atoms with Crippen LogP contribution in [0.5, 0.6) is 0 Å². The summed E-state index contributed by atoms with van der Waals surface area (Å²) in [6.45, 7) is 0. The van der Waals surface area contributed by atoms with E-state index in [-0.39, 0.29) is 0 Å². The molecule has 0 atom stereocenters. The molecule has 52 heavy (non-hydrogen) atoms. The Bertz CT molecular complexity index is 2710. The van der Waals surface area contributed by atoms with Gasteiger partial charge in [-0.1, -0.05) is 141 Å². The maximum absolute atomic E-state index is 6.45. The van der Waals surface area contributed by atoms with E-state index in [2.05, 4.69) is 163 Å². The molecule has 1 fully saturated rings. The van der Waals surface area contributed by atoms with Crippen LogP contribution in [-0.4, -0.2) is 0 Å². The highest BCUT2D eigenvalue weighted by Gasteiger charge is 2.22. The fourth-order valence-electron chi connectivity index (χ4n) is 8.56. The van der Waals surface area contributed by atoms with Crippen LogP contribution in [-0.2, 0) is 0 Å². The molecule has 0 bridgehead atoms. The highest BCUT2D eigenvalue weighted by molar-refractivity contribution is 6.09. The second-order valence-corrected chi connectivity index (χ2v) is 14.4. The monoisotopic (exact) mass is 669 g/mol. The number of hydrogen-bond acceptors (Lipinski definition) is 2. The van der Waals surface area contributed by atoms with Crippen molar-refractivity contribution in [2.24, 2.45) is 0 Å². The molecule has 9 aromatic rings. The smallest absolute Gasteiger partial charge is 0.137 e. The fraction of sp³-hybridized carbons (Fsp3) is 0.120. The van der Waals surface area contributed by atoms with Crippen LogP contribution in [0.2, 0.25) is 0 Å². The molecule has 0 radical (unpaired) electrons. The van der Waals surface area contributed by atoms with Gasteiger partial charge >= 0.3 is 0 Å². The van der Waals surface area contributed by atoms with E-state index in [0.29, 0.717) is 5.92 Å². The normalized spacial score (nSPS) is 13.7. The lowest BCUT2D eigenvalue weighted by Crippen LogP contribution is -2.11. The average Bonchev–Trinajstić information content (AvgIpc) is 3.59. The maximum Gasteiger partial charge on any atom is 0.137 e. The van der Waals surface area contributed by atoms with Gasteiger partial charge in [-0.2, -0.15) is 0 Å². The summed E-state index contributed by atoms with van der Waals surface area (Å²) in [6.07, 6.45) is 6.73. The van der Waals surface area contributed by atoms with Gasteiger partial charge in [0.15, 0.2) is 0 Å². The molecule has 1 aromatic heterocycles. The Morgan fingerprint density at radius 3 is 1.85 bits per heavy atom. The minimum absolute atomic E-state index is 0.710. The second-order valence-electron chi connectivity index (χ2n) is 14.4. The molecule has 1 aliphatic carbocycles. The van der Waals surface area contributed by atoms with Gasteiger partial charge in [0, 0.05) is 33.8 Å². The molecule has 250 valence electrons. The Kier molecular flexibility index (Phi) is 7.61. The van der Waals surface area contributed by atoms with Crippen LogP contribution in [0.1, 0.15) is 43.6 Å². The van der Waals surface area contributed by atoms with Crippen LogP contribution in [0.25, 0.3) is 65.7 Å². The highest BCUT2D eigenvalue weighted by atomic mass is 16.3. The van der Waals surface area contributed by atoms with Gasteiger partial charge in [-0.05, 0) is 105 Å². The van der Waals surface area contributed by atoms with Crippen molar-refractivity contribution >= 4 is 60.5 Å². The van der Waals surface area contributed by atoms with Crippen molar-refractivity contribution in [1.82, 2.24) is 0 Å². The maximum atomic E-state index is 6.45. The first-order valence-corrected chi connectivity index (χ1v) is 18.7. The molecule has 1 saturated carbocycles. The summed E-state index contributed by atoms with van der Waals surface area (Å²) in [7, 11) is 0. The van der Waals surface area contributed by atoms with Gasteiger partial charge in [0.1, 0.15) is 11.2 Å². The summed E-state index contributed by atoms with van der Waals surface area (Å²) in [4.78, 5) is 2.40. The van der Waals surface area contributed by atoms with Gasteiger partial charge in [-0.15, -0.1) is 0 Å². The molecule has 0 N–H and O–H groups in total. The van der Waals surface area contributed by atoms with Crippen molar-refractivity contribution in [1.29, 1.82) is 0 Å². The largest absolute Gasteiger partial charge is 0.456 e. The standard InChI is InChI=1S/C50H39NO/c1-2-10-34(11-3-1)36-18-20-37(21-19-36)38-24-27-42(28-25-38)51(43-29-30-46-45-16-8-9-17-48(45)52-49(46)33-43)47-31-26-39-13-6-7-15-44(39)50(47)41-23-22-35-12-4-5-14-40(35)32-41/h4-9,12-34H,1-3,10-11H2. The Balaban J connectivity index is 1.14. The molecule has 2 nitrogen and oxygen atoms in total. The van der Waals surface area contributed by atoms with Crippen molar-refractivity contribution in [2.75, 3.05) is 4.90 Å². The zero-order chi connectivity index (χ0) is 34.4. The molecule has 0 amide bonds. The molecule has 0 unspecified atom stereocenters. The molecular formula is C50H39NO. The van der Waals surface area contributed by atoms with Gasteiger partial charge < -0.3 is 9.32 Å². The lowest BCUT2D eigenvalue weighted by atomic mass is 9.84. The first-order chi connectivity index (χ1) is 25.8. The first kappa shape index (κ1) is 30.7. The SMILES string of the molecule is c1ccc2cc(-c3c(N(c4ccc(-c5ccc(C6CCCCC6)cc5)cc4)c4ccc5c(c4)oc4ccccc45)ccc4ccccc34)ccc2c1. The van der Waals surface area contributed by atoms with Crippen molar-refractivity contribution in [3.05, 3.63) is 175 Å². The van der Waals surface area contributed by atoms with Gasteiger partial charge in [0.25, 0.3) is 0 Å². The van der Waals surface area contributed by atoms with Crippen LogP contribution < -0.4 is 4.90 Å². The number of rotatable bonds is 6. The Hall–Kier alpha value is -6.12. The second kappa shape index (κ2) is 12.9. The van der Waals surface area contributed by atoms with Crippen LogP contribution in [0.15, 0.2) is 174 Å². The van der Waals surface area contributed by atoms with Crippen LogP contribution in [0.4, 0.5) is 17.1 Å². The lowest BCUT2D eigenvalue weighted by Gasteiger charge is -2.29. The van der Waals surface area contributed by atoms with Gasteiger partial charge in [-0.25, -0.2) is 0 Å². The topological polar surface area (TPSA) is 16.4 Å². The quantitative estimate of drug-likeness (QED) is 0.175. The third-order valence-electron chi connectivity index (χ3n) is 11.3. The molecule has 1 aliphatic rings. The molecule has 8 aromatic carbocycles. The van der Waals surface area contributed by atoms with E-state index in [0.717, 1.165) is 39.0 Å². The molecular weight excluding hydrogens is 631 g/mol. The van der Waals surface area contributed by atoms with Gasteiger partial charge in [0.05, 0.1) is 5.69 Å². The molecule has 0 saturated heterocycles. The summed E-state index contributed by atoms with van der Waals surface area (Å²) < 4.78 is 6.45. The predicted molar refractivity (Wildman–Crippen MR) is 220 cm³/mol. The number of nitrogens with zero attached hydrogens (tertiary/aromatic N) is 1. The average molecular weight is 670 g/mol. The Morgan fingerprint density at radius 2 is 1.04 bits per heavy atom. The van der Waals surface area contributed by atoms with E-state index in [4.69, 9.17) is 4.42 Å². The van der Waals surface area contributed by atoms with E-state index >= 15 is 0 Å². The predicted octanol–water partition coefficient (Wildman–Crippen LogP) is 14.7. The molecule has 1 heterocycles. The number of anilines is 3. The first-order valence-electron chi connectivity index (χ1n) is 18.7. The number of benzene rings is 8. The van der Waals surface area contributed by atoms with E-state index in [1.165, 1.54) is 81.5 Å². The third-order valence-corrected chi connectivity index (χ3v) is 11.3. The van der Waals surface area contributed by atoms with Crippen molar-refractivity contribution in [3.63, 3.8) is 0 Å². The number of fused-ring (bicyclic) bond motifs is 5. The van der Waals surface area contributed by atoms with E-state index in [9.17, 15) is 0 Å². The Morgan fingerprint density at radius 1 is 0.423 bits per heavy atom. The van der Waals surface area contributed by atoms with Crippen LogP contribution >= 0.6 is 0 Å². The molecule has 10 rings (SSSR count). The number of hydrogen-bond donors (Lipinski definition) is 0. The summed E-state index contributed by atoms with van der Waals surface area (Å²) in [5.74, 6) is 0.710. The number of furan rings is 1. The Labute approximate surface area is 304 Å². The third kappa shape index (κ3) is 5.43. The van der Waals surface area contributed by atoms with Crippen molar-refractivity contribution in [3.8, 4) is 22.3 Å². The fourth-order valence-corrected chi connectivity index (χ4v) is 8.56. The summed E-state index contributed by atoms with van der Waals surface area (Å²) in [5.41, 5.74) is 11.4.